The molecule has 0 aliphatic carbocycles. The summed E-state index contributed by atoms with van der Waals surface area (Å²) in [5.74, 6) is 1.02. The lowest BCUT2D eigenvalue weighted by Gasteiger charge is -2.42. The average molecular weight is 224 g/mol. The Hall–Kier alpha value is -0.410. The predicted molar refractivity (Wildman–Crippen MR) is 65.5 cm³/mol. The molecule has 2 aliphatic heterocycles. The van der Waals surface area contributed by atoms with Crippen LogP contribution in [0, 0.1) is 5.92 Å². The van der Waals surface area contributed by atoms with E-state index < -0.39 is 0 Å². The maximum atomic E-state index is 11.7. The molecule has 3 heteroatoms. The van der Waals surface area contributed by atoms with Gasteiger partial charge in [-0.1, -0.05) is 0 Å². The molecular formula is C13H24N2O. The molecule has 0 aromatic rings. The van der Waals surface area contributed by atoms with Gasteiger partial charge in [0.2, 0.25) is 0 Å². The van der Waals surface area contributed by atoms with E-state index in [1.807, 2.05) is 0 Å². The first-order valence-electron chi connectivity index (χ1n) is 6.49. The van der Waals surface area contributed by atoms with Crippen LogP contribution in [0.5, 0.6) is 0 Å². The van der Waals surface area contributed by atoms with E-state index in [1.54, 1.807) is 0 Å². The summed E-state index contributed by atoms with van der Waals surface area (Å²) in [5.41, 5.74) is 0.276. The van der Waals surface area contributed by atoms with Gasteiger partial charge < -0.3 is 5.32 Å². The van der Waals surface area contributed by atoms with E-state index in [-0.39, 0.29) is 11.6 Å². The number of Topliss-reactive ketones (excluding diaryl/α,β-unsaturated/α-hetero) is 1. The molecule has 0 bridgehead atoms. The number of carbonyl (C=O) groups is 1. The fourth-order valence-electron chi connectivity index (χ4n) is 2.95. The maximum Gasteiger partial charge on any atom is 0.151 e. The molecule has 0 saturated carbocycles. The fourth-order valence-corrected chi connectivity index (χ4v) is 2.95. The minimum absolute atomic E-state index is 0.169. The van der Waals surface area contributed by atoms with Gasteiger partial charge in [-0.25, -0.2) is 0 Å². The Labute approximate surface area is 98.6 Å². The van der Waals surface area contributed by atoms with E-state index in [4.69, 9.17) is 0 Å². The van der Waals surface area contributed by atoms with Crippen LogP contribution in [0.3, 0.4) is 0 Å². The number of likely N-dealkylation sites (tertiary alicyclic amines) is 1. The van der Waals surface area contributed by atoms with Crippen LogP contribution in [-0.2, 0) is 4.79 Å². The van der Waals surface area contributed by atoms with Crippen LogP contribution in [-0.4, -0.2) is 41.9 Å². The van der Waals surface area contributed by atoms with Crippen LogP contribution in [0.2, 0.25) is 0 Å². The lowest BCUT2D eigenvalue weighted by molar-refractivity contribution is -0.120. The summed E-state index contributed by atoms with van der Waals surface area (Å²) >= 11 is 0. The van der Waals surface area contributed by atoms with Gasteiger partial charge in [-0.15, -0.1) is 0 Å². The molecule has 1 unspecified atom stereocenters. The van der Waals surface area contributed by atoms with Gasteiger partial charge in [-0.05, 0) is 52.6 Å². The van der Waals surface area contributed by atoms with E-state index in [9.17, 15) is 4.79 Å². The third-order valence-electron chi connectivity index (χ3n) is 4.04. The molecular weight excluding hydrogens is 200 g/mol. The van der Waals surface area contributed by atoms with Crippen LogP contribution in [0.4, 0.5) is 0 Å². The van der Waals surface area contributed by atoms with Crippen molar-refractivity contribution in [2.45, 2.75) is 51.6 Å². The van der Waals surface area contributed by atoms with Crippen molar-refractivity contribution in [3.8, 4) is 0 Å². The Kier molecular flexibility index (Phi) is 3.36. The monoisotopic (exact) mass is 224 g/mol. The highest BCUT2D eigenvalue weighted by atomic mass is 16.1. The van der Waals surface area contributed by atoms with Crippen molar-refractivity contribution >= 4 is 5.78 Å². The molecule has 92 valence electrons. The van der Waals surface area contributed by atoms with E-state index in [0.717, 1.165) is 26.1 Å². The van der Waals surface area contributed by atoms with Crippen LogP contribution in [0.25, 0.3) is 0 Å². The van der Waals surface area contributed by atoms with Gasteiger partial charge in [0.25, 0.3) is 0 Å². The standard InChI is InChI=1S/C13H24N2O/c1-13(2,3)15-8-5-10(6-9-15)12-11(16)4-7-14-12/h10,12,14H,4-9H2,1-3H3. The van der Waals surface area contributed by atoms with Crippen molar-refractivity contribution in [1.82, 2.24) is 10.2 Å². The largest absolute Gasteiger partial charge is 0.307 e. The summed E-state index contributed by atoms with van der Waals surface area (Å²) in [7, 11) is 0. The summed E-state index contributed by atoms with van der Waals surface area (Å²) < 4.78 is 0. The number of piperidine rings is 1. The highest BCUT2D eigenvalue weighted by Crippen LogP contribution is 2.27. The Bertz CT molecular complexity index is 262. The lowest BCUT2D eigenvalue weighted by Crippen LogP contribution is -2.49. The third kappa shape index (κ3) is 2.46. The molecule has 0 aromatic heterocycles. The highest BCUT2D eigenvalue weighted by Gasteiger charge is 2.35. The average Bonchev–Trinajstić information content (AvgIpc) is 2.63. The van der Waals surface area contributed by atoms with Gasteiger partial charge in [-0.2, -0.15) is 0 Å². The van der Waals surface area contributed by atoms with Crippen LogP contribution >= 0.6 is 0 Å². The molecule has 2 saturated heterocycles. The second-order valence-corrected chi connectivity index (χ2v) is 6.14. The maximum absolute atomic E-state index is 11.7. The number of hydrogen-bond donors (Lipinski definition) is 1. The number of carbonyl (C=O) groups excluding carboxylic acids is 1. The summed E-state index contributed by atoms with van der Waals surface area (Å²) in [6, 6.07) is 0.169. The van der Waals surface area contributed by atoms with E-state index >= 15 is 0 Å². The number of nitrogens with one attached hydrogen (secondary N) is 1. The second-order valence-electron chi connectivity index (χ2n) is 6.14. The normalized spacial score (nSPS) is 29.9. The predicted octanol–water partition coefficient (Wildman–Crippen LogP) is 1.43. The Morgan fingerprint density at radius 1 is 1.25 bits per heavy atom. The van der Waals surface area contributed by atoms with Crippen molar-refractivity contribution in [3.63, 3.8) is 0 Å². The molecule has 2 rings (SSSR count). The van der Waals surface area contributed by atoms with Crippen LogP contribution in [0.15, 0.2) is 0 Å². The first-order chi connectivity index (χ1) is 7.48. The molecule has 3 nitrogen and oxygen atoms in total. The van der Waals surface area contributed by atoms with Gasteiger partial charge in [0.1, 0.15) is 0 Å². The highest BCUT2D eigenvalue weighted by molar-refractivity contribution is 5.86. The molecule has 0 spiro atoms. The molecule has 2 aliphatic rings. The topological polar surface area (TPSA) is 32.3 Å². The molecule has 0 aromatic carbocycles. The molecule has 0 radical (unpaired) electrons. The zero-order chi connectivity index (χ0) is 11.8. The number of ketones is 1. The molecule has 2 heterocycles. The van der Waals surface area contributed by atoms with Crippen LogP contribution < -0.4 is 5.32 Å². The minimum atomic E-state index is 0.169. The van der Waals surface area contributed by atoms with E-state index in [0.29, 0.717) is 11.7 Å². The lowest BCUT2D eigenvalue weighted by atomic mass is 9.86. The van der Waals surface area contributed by atoms with Crippen LogP contribution in [0.1, 0.15) is 40.0 Å². The number of nitrogens with zero attached hydrogens (tertiary/aromatic N) is 1. The van der Waals surface area contributed by atoms with Crippen molar-refractivity contribution in [3.05, 3.63) is 0 Å². The smallest absolute Gasteiger partial charge is 0.151 e. The van der Waals surface area contributed by atoms with E-state index in [1.165, 1.54) is 12.8 Å². The first-order valence-corrected chi connectivity index (χ1v) is 6.49. The Balaban J connectivity index is 1.88. The first kappa shape index (κ1) is 12.1. The second kappa shape index (κ2) is 4.46. The van der Waals surface area contributed by atoms with Gasteiger partial charge in [0, 0.05) is 18.5 Å². The molecule has 0 amide bonds. The summed E-state index contributed by atoms with van der Waals surface area (Å²) in [5, 5.41) is 3.36. The van der Waals surface area contributed by atoms with Crippen molar-refractivity contribution in [2.24, 2.45) is 5.92 Å². The summed E-state index contributed by atoms with van der Waals surface area (Å²) in [6.07, 6.45) is 3.07. The Morgan fingerprint density at radius 3 is 2.31 bits per heavy atom. The molecule has 2 fully saturated rings. The molecule has 1 atom stereocenters. The van der Waals surface area contributed by atoms with Crippen molar-refractivity contribution in [1.29, 1.82) is 0 Å². The Morgan fingerprint density at radius 2 is 1.88 bits per heavy atom. The quantitative estimate of drug-likeness (QED) is 0.731. The summed E-state index contributed by atoms with van der Waals surface area (Å²) in [6.45, 7) is 9.98. The van der Waals surface area contributed by atoms with E-state index in [2.05, 4.69) is 31.0 Å². The number of hydrogen-bond acceptors (Lipinski definition) is 3. The molecule has 16 heavy (non-hydrogen) atoms. The zero-order valence-corrected chi connectivity index (χ0v) is 10.8. The zero-order valence-electron chi connectivity index (χ0n) is 10.8. The minimum Gasteiger partial charge on any atom is -0.307 e. The van der Waals surface area contributed by atoms with Gasteiger partial charge in [-0.3, -0.25) is 9.69 Å². The van der Waals surface area contributed by atoms with Crippen molar-refractivity contribution < 1.29 is 4.79 Å². The number of rotatable bonds is 1. The SMILES string of the molecule is CC(C)(C)N1CCC(C2NCCC2=O)CC1. The van der Waals surface area contributed by atoms with Gasteiger partial charge in [0.05, 0.1) is 6.04 Å². The summed E-state index contributed by atoms with van der Waals surface area (Å²) in [4.78, 5) is 14.2. The fraction of sp³-hybridized carbons (Fsp3) is 0.923. The van der Waals surface area contributed by atoms with Gasteiger partial charge >= 0.3 is 0 Å². The third-order valence-corrected chi connectivity index (χ3v) is 4.04. The van der Waals surface area contributed by atoms with Crippen molar-refractivity contribution in [2.75, 3.05) is 19.6 Å². The van der Waals surface area contributed by atoms with Gasteiger partial charge in [0.15, 0.2) is 5.78 Å². The molecule has 1 N–H and O–H groups in total.